The van der Waals surface area contributed by atoms with Crippen molar-refractivity contribution < 1.29 is 9.53 Å². The molecule has 160 valence electrons. The summed E-state index contributed by atoms with van der Waals surface area (Å²) in [5.41, 5.74) is 3.81. The Kier molecular flexibility index (Phi) is 7.53. The van der Waals surface area contributed by atoms with Gasteiger partial charge in [-0.2, -0.15) is 0 Å². The number of carbonyl (C=O) groups excluding carboxylic acids is 1. The fraction of sp³-hybridized carbons (Fsp3) is 0.652. The Balaban J connectivity index is 1.56. The number of aryl methyl sites for hydroxylation is 2. The smallest absolute Gasteiger partial charge is 0.222 e. The number of benzene rings is 1. The molecule has 0 aromatic heterocycles. The van der Waals surface area contributed by atoms with Crippen molar-refractivity contribution >= 4 is 11.9 Å². The van der Waals surface area contributed by atoms with Crippen LogP contribution in [0, 0.1) is 13.8 Å². The van der Waals surface area contributed by atoms with E-state index in [4.69, 9.17) is 4.74 Å². The number of morpholine rings is 1. The third-order valence-corrected chi connectivity index (χ3v) is 6.13. The van der Waals surface area contributed by atoms with Gasteiger partial charge in [0, 0.05) is 39.1 Å². The molecular formula is C23H36N4O2. The molecule has 2 saturated heterocycles. The normalized spacial score (nSPS) is 21.6. The lowest BCUT2D eigenvalue weighted by Gasteiger charge is -2.36. The van der Waals surface area contributed by atoms with E-state index in [1.165, 1.54) is 16.7 Å². The fourth-order valence-corrected chi connectivity index (χ4v) is 4.54. The highest BCUT2D eigenvalue weighted by Gasteiger charge is 2.28. The van der Waals surface area contributed by atoms with E-state index in [0.29, 0.717) is 25.0 Å². The Morgan fingerprint density at radius 2 is 2.17 bits per heavy atom. The first-order valence-corrected chi connectivity index (χ1v) is 11.0. The maximum absolute atomic E-state index is 12.1. The quantitative estimate of drug-likeness (QED) is 0.589. The van der Waals surface area contributed by atoms with Gasteiger partial charge in [-0.1, -0.05) is 30.7 Å². The number of nitrogens with one attached hydrogen (secondary N) is 1. The number of hydrogen-bond donors (Lipinski definition) is 1. The summed E-state index contributed by atoms with van der Waals surface area (Å²) >= 11 is 0. The number of ether oxygens (including phenoxy) is 1. The van der Waals surface area contributed by atoms with Gasteiger partial charge in [-0.05, 0) is 44.2 Å². The highest BCUT2D eigenvalue weighted by molar-refractivity contribution is 5.80. The van der Waals surface area contributed by atoms with E-state index in [-0.39, 0.29) is 6.10 Å². The Morgan fingerprint density at radius 1 is 1.34 bits per heavy atom. The van der Waals surface area contributed by atoms with E-state index >= 15 is 0 Å². The van der Waals surface area contributed by atoms with Gasteiger partial charge < -0.3 is 19.9 Å². The summed E-state index contributed by atoms with van der Waals surface area (Å²) in [6, 6.07) is 6.88. The number of nitrogens with zero attached hydrogens (tertiary/aromatic N) is 3. The monoisotopic (exact) mass is 400 g/mol. The molecule has 0 bridgehead atoms. The van der Waals surface area contributed by atoms with Crippen LogP contribution in [0.3, 0.4) is 0 Å². The molecule has 2 aliphatic rings. The van der Waals surface area contributed by atoms with Crippen LogP contribution >= 0.6 is 0 Å². The number of amides is 1. The Labute approximate surface area is 175 Å². The maximum Gasteiger partial charge on any atom is 0.222 e. The Hall–Kier alpha value is -2.08. The summed E-state index contributed by atoms with van der Waals surface area (Å²) in [6.45, 7) is 10.5. The molecule has 6 nitrogen and oxygen atoms in total. The maximum atomic E-state index is 12.1. The van der Waals surface area contributed by atoms with Gasteiger partial charge in [0.2, 0.25) is 5.91 Å². The molecule has 2 unspecified atom stereocenters. The summed E-state index contributed by atoms with van der Waals surface area (Å²) in [6.07, 6.45) is 3.72. The Morgan fingerprint density at radius 3 is 2.83 bits per heavy atom. The number of guanidine groups is 1. The van der Waals surface area contributed by atoms with Gasteiger partial charge in [0.05, 0.1) is 13.2 Å². The van der Waals surface area contributed by atoms with Gasteiger partial charge >= 0.3 is 0 Å². The lowest BCUT2D eigenvalue weighted by Crippen LogP contribution is -2.49. The van der Waals surface area contributed by atoms with Crippen LogP contribution in [-0.2, 0) is 9.53 Å². The van der Waals surface area contributed by atoms with E-state index in [9.17, 15) is 4.79 Å². The number of likely N-dealkylation sites (tertiary alicyclic amines) is 1. The molecule has 2 heterocycles. The van der Waals surface area contributed by atoms with Crippen molar-refractivity contribution in [3.8, 4) is 0 Å². The van der Waals surface area contributed by atoms with E-state index < -0.39 is 0 Å². The average molecular weight is 401 g/mol. The van der Waals surface area contributed by atoms with Crippen LogP contribution in [-0.4, -0.2) is 67.5 Å². The Bertz CT molecular complexity index is 734. The number of rotatable bonds is 6. The van der Waals surface area contributed by atoms with Crippen molar-refractivity contribution in [1.82, 2.24) is 15.1 Å². The second-order valence-electron chi connectivity index (χ2n) is 8.18. The molecule has 2 aliphatic heterocycles. The SMILES string of the molecule is CCC(CCNC(=NC)N1CCOC(c2ccc(C)cc2C)C1)N1CCCC1=O. The lowest BCUT2D eigenvalue weighted by molar-refractivity contribution is -0.129. The predicted octanol–water partition coefficient (Wildman–Crippen LogP) is 3.04. The molecule has 1 N–H and O–H groups in total. The molecule has 0 radical (unpaired) electrons. The zero-order chi connectivity index (χ0) is 20.8. The third-order valence-electron chi connectivity index (χ3n) is 6.13. The fourth-order valence-electron chi connectivity index (χ4n) is 4.54. The molecule has 2 fully saturated rings. The highest BCUT2D eigenvalue weighted by Crippen LogP contribution is 2.26. The summed E-state index contributed by atoms with van der Waals surface area (Å²) in [4.78, 5) is 20.9. The first-order valence-electron chi connectivity index (χ1n) is 11.0. The van der Waals surface area contributed by atoms with Crippen LogP contribution in [0.5, 0.6) is 0 Å². The van der Waals surface area contributed by atoms with Crippen molar-refractivity contribution in [3.63, 3.8) is 0 Å². The molecule has 1 amide bonds. The van der Waals surface area contributed by atoms with Gasteiger partial charge in [-0.3, -0.25) is 9.79 Å². The van der Waals surface area contributed by atoms with Crippen LogP contribution in [0.4, 0.5) is 0 Å². The van der Waals surface area contributed by atoms with Gasteiger partial charge in [-0.15, -0.1) is 0 Å². The van der Waals surface area contributed by atoms with Crippen LogP contribution in [0.1, 0.15) is 55.4 Å². The number of hydrogen-bond acceptors (Lipinski definition) is 3. The summed E-state index contributed by atoms with van der Waals surface area (Å²) < 4.78 is 6.08. The summed E-state index contributed by atoms with van der Waals surface area (Å²) in [5, 5.41) is 3.52. The van der Waals surface area contributed by atoms with Crippen LogP contribution in [0.25, 0.3) is 0 Å². The molecule has 1 aromatic carbocycles. The number of aliphatic imine (C=N–C) groups is 1. The number of carbonyl (C=O) groups is 1. The minimum absolute atomic E-state index is 0.0634. The average Bonchev–Trinajstić information content (AvgIpc) is 3.14. The molecular weight excluding hydrogens is 364 g/mol. The predicted molar refractivity (Wildman–Crippen MR) is 117 cm³/mol. The van der Waals surface area contributed by atoms with Crippen molar-refractivity contribution in [3.05, 3.63) is 34.9 Å². The zero-order valence-electron chi connectivity index (χ0n) is 18.4. The second kappa shape index (κ2) is 10.1. The summed E-state index contributed by atoms with van der Waals surface area (Å²) in [7, 11) is 1.84. The second-order valence-corrected chi connectivity index (χ2v) is 8.18. The van der Waals surface area contributed by atoms with Crippen molar-refractivity contribution in [2.24, 2.45) is 4.99 Å². The first-order chi connectivity index (χ1) is 14.0. The first kappa shape index (κ1) is 21.6. The molecule has 29 heavy (non-hydrogen) atoms. The largest absolute Gasteiger partial charge is 0.370 e. The highest BCUT2D eigenvalue weighted by atomic mass is 16.5. The van der Waals surface area contributed by atoms with E-state index in [2.05, 4.69) is 59.1 Å². The molecule has 0 saturated carbocycles. The summed E-state index contributed by atoms with van der Waals surface area (Å²) in [5.74, 6) is 1.23. The van der Waals surface area contributed by atoms with Crippen molar-refractivity contribution in [2.45, 2.75) is 58.6 Å². The standard InChI is InChI=1S/C23H36N4O2/c1-5-19(27-12-6-7-22(27)28)10-11-25-23(24-4)26-13-14-29-21(16-26)20-9-8-17(2)15-18(20)3/h8-9,15,19,21H,5-7,10-14,16H2,1-4H3,(H,24,25). The zero-order valence-corrected chi connectivity index (χ0v) is 18.4. The molecule has 0 aliphatic carbocycles. The van der Waals surface area contributed by atoms with Gasteiger partial charge in [-0.25, -0.2) is 0 Å². The van der Waals surface area contributed by atoms with E-state index in [0.717, 1.165) is 51.4 Å². The van der Waals surface area contributed by atoms with E-state index in [1.807, 2.05) is 7.05 Å². The molecule has 1 aromatic rings. The van der Waals surface area contributed by atoms with Crippen molar-refractivity contribution in [2.75, 3.05) is 39.8 Å². The van der Waals surface area contributed by atoms with Crippen LogP contribution < -0.4 is 5.32 Å². The van der Waals surface area contributed by atoms with Gasteiger partial charge in [0.15, 0.2) is 5.96 Å². The molecule has 2 atom stereocenters. The minimum atomic E-state index is 0.0634. The molecule has 3 rings (SSSR count). The topological polar surface area (TPSA) is 57.2 Å². The van der Waals surface area contributed by atoms with Crippen LogP contribution in [0.2, 0.25) is 0 Å². The van der Waals surface area contributed by atoms with Crippen molar-refractivity contribution in [1.29, 1.82) is 0 Å². The molecule has 0 spiro atoms. The van der Waals surface area contributed by atoms with Gasteiger partial charge in [0.1, 0.15) is 6.10 Å². The minimum Gasteiger partial charge on any atom is -0.370 e. The van der Waals surface area contributed by atoms with Crippen LogP contribution in [0.15, 0.2) is 23.2 Å². The third kappa shape index (κ3) is 5.30. The van der Waals surface area contributed by atoms with Gasteiger partial charge in [0.25, 0.3) is 0 Å². The molecule has 6 heteroatoms. The van der Waals surface area contributed by atoms with E-state index in [1.54, 1.807) is 0 Å². The lowest BCUT2D eigenvalue weighted by atomic mass is 10.00.